The van der Waals surface area contributed by atoms with Crippen LogP contribution in [0.3, 0.4) is 0 Å². The SMILES string of the molecule is CCOc1ccccc1C1C(C(=O)OC(C)CC)=C(C)NC2=C1C(=O)CC(c1ccc(OC)c(OC)c1)C2. The van der Waals surface area contributed by atoms with E-state index in [0.717, 1.165) is 16.8 Å². The van der Waals surface area contributed by atoms with Crippen molar-refractivity contribution in [3.63, 3.8) is 0 Å². The zero-order valence-electron chi connectivity index (χ0n) is 23.1. The Morgan fingerprint density at radius 1 is 1.03 bits per heavy atom. The third-order valence-electron chi connectivity index (χ3n) is 7.34. The van der Waals surface area contributed by atoms with Crippen molar-refractivity contribution < 1.29 is 28.5 Å². The van der Waals surface area contributed by atoms with Crippen LogP contribution in [0, 0.1) is 0 Å². The normalized spacial score (nSPS) is 19.9. The maximum atomic E-state index is 13.9. The van der Waals surface area contributed by atoms with E-state index in [-0.39, 0.29) is 17.8 Å². The number of carbonyl (C=O) groups excluding carboxylic acids is 2. The summed E-state index contributed by atoms with van der Waals surface area (Å²) in [5, 5.41) is 3.41. The molecule has 0 bridgehead atoms. The van der Waals surface area contributed by atoms with Crippen LogP contribution in [-0.4, -0.2) is 38.7 Å². The number of esters is 1. The predicted octanol–water partition coefficient (Wildman–Crippen LogP) is 5.81. The van der Waals surface area contributed by atoms with Crippen LogP contribution in [0.2, 0.25) is 0 Å². The number of methoxy groups -OCH3 is 2. The molecule has 1 N–H and O–H groups in total. The molecule has 38 heavy (non-hydrogen) atoms. The first-order chi connectivity index (χ1) is 18.3. The fourth-order valence-corrected chi connectivity index (χ4v) is 5.30. The summed E-state index contributed by atoms with van der Waals surface area (Å²) >= 11 is 0. The molecular weight excluding hydrogens is 482 g/mol. The summed E-state index contributed by atoms with van der Waals surface area (Å²) in [6, 6.07) is 13.4. The van der Waals surface area contributed by atoms with E-state index in [9.17, 15) is 9.59 Å². The second kappa shape index (κ2) is 11.8. The van der Waals surface area contributed by atoms with Gasteiger partial charge in [0.05, 0.1) is 38.4 Å². The molecule has 202 valence electrons. The van der Waals surface area contributed by atoms with E-state index in [1.165, 1.54) is 0 Å². The molecule has 0 fully saturated rings. The average Bonchev–Trinajstić information content (AvgIpc) is 2.92. The Balaban J connectivity index is 1.80. The Labute approximate surface area is 224 Å². The Bertz CT molecular complexity index is 1280. The number of hydrogen-bond acceptors (Lipinski definition) is 7. The fourth-order valence-electron chi connectivity index (χ4n) is 5.30. The number of para-hydroxylation sites is 1. The molecule has 0 spiro atoms. The second-order valence-corrected chi connectivity index (χ2v) is 9.73. The van der Waals surface area contributed by atoms with Crippen molar-refractivity contribution in [2.45, 2.75) is 64.9 Å². The maximum Gasteiger partial charge on any atom is 0.337 e. The molecule has 0 amide bonds. The molecule has 0 saturated heterocycles. The summed E-state index contributed by atoms with van der Waals surface area (Å²) in [6.45, 7) is 8.11. The monoisotopic (exact) mass is 519 g/mol. The van der Waals surface area contributed by atoms with Crippen LogP contribution in [-0.2, 0) is 14.3 Å². The number of Topliss-reactive ketones (excluding diaryl/α,β-unsaturated/α-hetero) is 1. The third kappa shape index (κ3) is 5.28. The highest BCUT2D eigenvalue weighted by Crippen LogP contribution is 2.48. The van der Waals surface area contributed by atoms with E-state index in [1.807, 2.05) is 70.2 Å². The number of carbonyl (C=O) groups is 2. The van der Waals surface area contributed by atoms with E-state index in [4.69, 9.17) is 18.9 Å². The van der Waals surface area contributed by atoms with Gasteiger partial charge >= 0.3 is 5.97 Å². The lowest BCUT2D eigenvalue weighted by molar-refractivity contribution is -0.144. The molecule has 2 aliphatic rings. The van der Waals surface area contributed by atoms with E-state index < -0.39 is 11.9 Å². The first kappa shape index (κ1) is 27.3. The number of dihydropyridines is 1. The number of rotatable bonds is 9. The molecule has 4 rings (SSSR count). The summed E-state index contributed by atoms with van der Waals surface area (Å²) in [6.07, 6.45) is 1.40. The molecule has 1 heterocycles. The van der Waals surface area contributed by atoms with Crippen molar-refractivity contribution in [2.75, 3.05) is 20.8 Å². The van der Waals surface area contributed by atoms with Crippen molar-refractivity contribution in [2.24, 2.45) is 0 Å². The number of benzene rings is 2. The highest BCUT2D eigenvalue weighted by atomic mass is 16.5. The Hall–Kier alpha value is -3.74. The van der Waals surface area contributed by atoms with Crippen LogP contribution in [0.15, 0.2) is 65.0 Å². The summed E-state index contributed by atoms with van der Waals surface area (Å²) < 4.78 is 22.6. The standard InChI is InChI=1S/C31H37NO6/c1-7-18(3)38-31(34)28-19(4)32-23-15-21(20-13-14-26(35-5)27(17-20)36-6)16-24(33)30(23)29(28)22-11-9-10-12-25(22)37-8-2/h9-14,17-18,21,29,32H,7-8,15-16H2,1-6H3. The molecule has 7 heteroatoms. The van der Waals surface area contributed by atoms with Gasteiger partial charge in [0.1, 0.15) is 5.75 Å². The van der Waals surface area contributed by atoms with Gasteiger partial charge in [-0.15, -0.1) is 0 Å². The van der Waals surface area contributed by atoms with Gasteiger partial charge < -0.3 is 24.3 Å². The lowest BCUT2D eigenvalue weighted by atomic mass is 9.71. The quantitative estimate of drug-likeness (QED) is 0.419. The van der Waals surface area contributed by atoms with E-state index >= 15 is 0 Å². The van der Waals surface area contributed by atoms with Crippen LogP contribution in [0.4, 0.5) is 0 Å². The molecule has 0 saturated carbocycles. The van der Waals surface area contributed by atoms with E-state index in [0.29, 0.717) is 60.0 Å². The summed E-state index contributed by atoms with van der Waals surface area (Å²) in [5.41, 5.74) is 4.37. The summed E-state index contributed by atoms with van der Waals surface area (Å²) in [5.74, 6) is 0.888. The van der Waals surface area contributed by atoms with Crippen molar-refractivity contribution in [1.82, 2.24) is 5.32 Å². The van der Waals surface area contributed by atoms with Gasteiger partial charge in [0.2, 0.25) is 0 Å². The number of allylic oxidation sites excluding steroid dienone is 3. The average molecular weight is 520 g/mol. The highest BCUT2D eigenvalue weighted by molar-refractivity contribution is 6.04. The summed E-state index contributed by atoms with van der Waals surface area (Å²) in [4.78, 5) is 27.4. The van der Waals surface area contributed by atoms with Gasteiger partial charge in [0.25, 0.3) is 0 Å². The van der Waals surface area contributed by atoms with Gasteiger partial charge in [-0.3, -0.25) is 4.79 Å². The maximum absolute atomic E-state index is 13.9. The second-order valence-electron chi connectivity index (χ2n) is 9.73. The minimum Gasteiger partial charge on any atom is -0.494 e. The molecule has 7 nitrogen and oxygen atoms in total. The van der Waals surface area contributed by atoms with Crippen molar-refractivity contribution in [3.8, 4) is 17.2 Å². The van der Waals surface area contributed by atoms with Gasteiger partial charge in [0, 0.05) is 29.0 Å². The zero-order valence-corrected chi connectivity index (χ0v) is 23.1. The summed E-state index contributed by atoms with van der Waals surface area (Å²) in [7, 11) is 3.20. The minimum atomic E-state index is -0.579. The predicted molar refractivity (Wildman–Crippen MR) is 146 cm³/mol. The number of hydrogen-bond donors (Lipinski definition) is 1. The number of ether oxygens (including phenoxy) is 4. The molecule has 1 aliphatic heterocycles. The first-order valence-electron chi connectivity index (χ1n) is 13.2. The fraction of sp³-hybridized carbons (Fsp3) is 0.419. The molecule has 2 aromatic carbocycles. The Kier molecular flexibility index (Phi) is 8.45. The number of ketones is 1. The van der Waals surface area contributed by atoms with E-state index in [1.54, 1.807) is 14.2 Å². The van der Waals surface area contributed by atoms with Gasteiger partial charge in [-0.05, 0) is 63.3 Å². The van der Waals surface area contributed by atoms with Gasteiger partial charge in [-0.1, -0.05) is 31.2 Å². The van der Waals surface area contributed by atoms with Crippen molar-refractivity contribution >= 4 is 11.8 Å². The molecular formula is C31H37NO6. The van der Waals surface area contributed by atoms with Crippen molar-refractivity contribution in [1.29, 1.82) is 0 Å². The first-order valence-corrected chi connectivity index (χ1v) is 13.2. The molecule has 2 aromatic rings. The van der Waals surface area contributed by atoms with Crippen LogP contribution < -0.4 is 19.5 Å². The highest BCUT2D eigenvalue weighted by Gasteiger charge is 2.42. The zero-order chi connectivity index (χ0) is 27.4. The molecule has 3 unspecified atom stereocenters. The molecule has 1 aliphatic carbocycles. The van der Waals surface area contributed by atoms with Crippen LogP contribution in [0.1, 0.15) is 69.9 Å². The largest absolute Gasteiger partial charge is 0.494 e. The lowest BCUT2D eigenvalue weighted by Crippen LogP contribution is -2.36. The smallest absolute Gasteiger partial charge is 0.337 e. The molecule has 0 radical (unpaired) electrons. The van der Waals surface area contributed by atoms with Crippen LogP contribution in [0.25, 0.3) is 0 Å². The van der Waals surface area contributed by atoms with Gasteiger partial charge in [-0.25, -0.2) is 4.79 Å². The Morgan fingerprint density at radius 2 is 1.76 bits per heavy atom. The Morgan fingerprint density at radius 3 is 2.45 bits per heavy atom. The van der Waals surface area contributed by atoms with Crippen LogP contribution in [0.5, 0.6) is 17.2 Å². The number of nitrogens with one attached hydrogen (secondary N) is 1. The van der Waals surface area contributed by atoms with E-state index in [2.05, 4.69) is 5.32 Å². The van der Waals surface area contributed by atoms with Crippen LogP contribution >= 0.6 is 0 Å². The minimum absolute atomic E-state index is 0.00354. The lowest BCUT2D eigenvalue weighted by Gasteiger charge is -2.37. The van der Waals surface area contributed by atoms with Crippen molar-refractivity contribution in [3.05, 3.63) is 76.1 Å². The molecule has 0 aromatic heterocycles. The topological polar surface area (TPSA) is 83.1 Å². The molecule has 3 atom stereocenters. The van der Waals surface area contributed by atoms with Gasteiger partial charge in [0.15, 0.2) is 17.3 Å². The van der Waals surface area contributed by atoms with Gasteiger partial charge in [-0.2, -0.15) is 0 Å². The third-order valence-corrected chi connectivity index (χ3v) is 7.34.